The maximum atomic E-state index is 11.9. The van der Waals surface area contributed by atoms with Crippen molar-refractivity contribution in [1.29, 1.82) is 0 Å². The van der Waals surface area contributed by atoms with Gasteiger partial charge in [0.15, 0.2) is 0 Å². The van der Waals surface area contributed by atoms with Crippen molar-refractivity contribution in [3.05, 3.63) is 0 Å². The topological polar surface area (TPSA) is 133 Å². The van der Waals surface area contributed by atoms with Crippen LogP contribution in [0.15, 0.2) is 0 Å². The molecule has 0 aliphatic rings. The Balaban J connectivity index is 4.37. The third-order valence-corrected chi connectivity index (χ3v) is 2.96. The molecule has 19 heavy (non-hydrogen) atoms. The highest BCUT2D eigenvalue weighted by molar-refractivity contribution is 5.88. The first-order valence-corrected chi connectivity index (χ1v) is 6.45. The molecule has 0 saturated carbocycles. The molecule has 0 aromatic rings. The minimum Gasteiger partial charge on any atom is -0.368 e. The van der Waals surface area contributed by atoms with Crippen molar-refractivity contribution in [2.24, 2.45) is 23.1 Å². The van der Waals surface area contributed by atoms with Gasteiger partial charge in [-0.05, 0) is 25.3 Å². The molecule has 0 aliphatic heterocycles. The number of primary amides is 2. The van der Waals surface area contributed by atoms with Crippen molar-refractivity contribution in [2.45, 2.75) is 32.6 Å². The van der Waals surface area contributed by atoms with Gasteiger partial charge < -0.3 is 22.1 Å². The molecule has 6 N–H and O–H groups in total. The van der Waals surface area contributed by atoms with Crippen LogP contribution in [0.1, 0.15) is 32.6 Å². The van der Waals surface area contributed by atoms with Crippen LogP contribution < -0.4 is 17.2 Å². The van der Waals surface area contributed by atoms with E-state index in [1.165, 1.54) is 0 Å². The molecule has 0 aromatic heterocycles. The Morgan fingerprint density at radius 3 is 1.95 bits per heavy atom. The number of nitrogens with two attached hydrogens (primary N) is 3. The highest BCUT2D eigenvalue weighted by Crippen LogP contribution is 2.15. The van der Waals surface area contributed by atoms with Gasteiger partial charge in [-0.1, -0.05) is 13.3 Å². The van der Waals surface area contributed by atoms with Gasteiger partial charge in [0.1, 0.15) is 0 Å². The lowest BCUT2D eigenvalue weighted by atomic mass is 9.96. The van der Waals surface area contributed by atoms with Crippen LogP contribution in [0, 0.1) is 5.92 Å². The zero-order chi connectivity index (χ0) is 14.8. The molecule has 3 amide bonds. The van der Waals surface area contributed by atoms with E-state index in [9.17, 15) is 14.4 Å². The Morgan fingerprint density at radius 2 is 1.58 bits per heavy atom. The average molecular weight is 272 g/mol. The summed E-state index contributed by atoms with van der Waals surface area (Å²) >= 11 is 0. The van der Waals surface area contributed by atoms with Crippen molar-refractivity contribution in [2.75, 3.05) is 19.6 Å². The van der Waals surface area contributed by atoms with Gasteiger partial charge in [-0.2, -0.15) is 0 Å². The number of hydrogen-bond donors (Lipinski definition) is 3. The van der Waals surface area contributed by atoms with Crippen LogP contribution in [0.25, 0.3) is 0 Å². The average Bonchev–Trinajstić information content (AvgIpc) is 2.32. The van der Waals surface area contributed by atoms with Crippen molar-refractivity contribution >= 4 is 17.7 Å². The van der Waals surface area contributed by atoms with Crippen molar-refractivity contribution < 1.29 is 14.4 Å². The molecule has 0 heterocycles. The summed E-state index contributed by atoms with van der Waals surface area (Å²) in [6, 6.07) is 0. The van der Waals surface area contributed by atoms with Gasteiger partial charge in [-0.25, -0.2) is 0 Å². The minimum absolute atomic E-state index is 0.263. The molecule has 1 unspecified atom stereocenters. The van der Waals surface area contributed by atoms with E-state index >= 15 is 0 Å². The lowest BCUT2D eigenvalue weighted by molar-refractivity contribution is -0.138. The van der Waals surface area contributed by atoms with E-state index in [1.807, 2.05) is 6.92 Å². The number of nitrogens with zero attached hydrogens (tertiary/aromatic N) is 1. The molecule has 0 bridgehead atoms. The largest absolute Gasteiger partial charge is 0.368 e. The van der Waals surface area contributed by atoms with Gasteiger partial charge in [0, 0.05) is 6.42 Å². The van der Waals surface area contributed by atoms with E-state index in [-0.39, 0.29) is 25.4 Å². The van der Waals surface area contributed by atoms with E-state index in [4.69, 9.17) is 17.2 Å². The van der Waals surface area contributed by atoms with Crippen LogP contribution in [0.3, 0.4) is 0 Å². The molecule has 0 rings (SSSR count). The van der Waals surface area contributed by atoms with E-state index in [0.29, 0.717) is 18.9 Å². The molecule has 0 aliphatic carbocycles. The predicted octanol–water partition coefficient (Wildman–Crippen LogP) is -1.06. The van der Waals surface area contributed by atoms with Crippen LogP contribution in [0.5, 0.6) is 0 Å². The van der Waals surface area contributed by atoms with Crippen molar-refractivity contribution in [3.8, 4) is 0 Å². The van der Waals surface area contributed by atoms with Crippen LogP contribution in [0.2, 0.25) is 0 Å². The maximum absolute atomic E-state index is 11.9. The lowest BCUT2D eigenvalue weighted by Crippen LogP contribution is -2.43. The molecular formula is C12H24N4O3. The molecule has 0 saturated heterocycles. The quantitative estimate of drug-likeness (QED) is 0.467. The second kappa shape index (κ2) is 9.32. The highest BCUT2D eigenvalue weighted by atomic mass is 16.2. The SMILES string of the molecule is CCC(CCN)CCC(=O)N(CC(N)=O)CC(N)=O. The number of carbonyl (C=O) groups excluding carboxylic acids is 3. The fourth-order valence-electron chi connectivity index (χ4n) is 1.88. The van der Waals surface area contributed by atoms with Crippen LogP contribution in [-0.4, -0.2) is 42.3 Å². The Labute approximate surface area is 113 Å². The maximum Gasteiger partial charge on any atom is 0.237 e. The Morgan fingerprint density at radius 1 is 1.05 bits per heavy atom. The summed E-state index contributed by atoms with van der Waals surface area (Å²) in [4.78, 5) is 34.7. The summed E-state index contributed by atoms with van der Waals surface area (Å²) in [5.41, 5.74) is 15.6. The van der Waals surface area contributed by atoms with E-state index in [1.54, 1.807) is 0 Å². The summed E-state index contributed by atoms with van der Waals surface area (Å²) in [5.74, 6) is -1.24. The van der Waals surface area contributed by atoms with E-state index < -0.39 is 11.8 Å². The van der Waals surface area contributed by atoms with Gasteiger partial charge in [0.2, 0.25) is 17.7 Å². The summed E-state index contributed by atoms with van der Waals surface area (Å²) < 4.78 is 0. The zero-order valence-electron chi connectivity index (χ0n) is 11.4. The Kier molecular flexibility index (Phi) is 8.52. The summed E-state index contributed by atoms with van der Waals surface area (Å²) in [6.45, 7) is 2.05. The van der Waals surface area contributed by atoms with Crippen molar-refractivity contribution in [3.63, 3.8) is 0 Å². The summed E-state index contributed by atoms with van der Waals surface area (Å²) in [6.07, 6.45) is 2.74. The first-order chi connectivity index (χ1) is 8.90. The number of hydrogen-bond acceptors (Lipinski definition) is 4. The smallest absolute Gasteiger partial charge is 0.237 e. The fourth-order valence-corrected chi connectivity index (χ4v) is 1.88. The van der Waals surface area contributed by atoms with Gasteiger partial charge in [-0.15, -0.1) is 0 Å². The molecule has 7 nitrogen and oxygen atoms in total. The predicted molar refractivity (Wildman–Crippen MR) is 71.7 cm³/mol. The van der Waals surface area contributed by atoms with E-state index in [0.717, 1.165) is 17.7 Å². The monoisotopic (exact) mass is 272 g/mol. The molecule has 0 spiro atoms. The number of carbonyl (C=O) groups is 3. The Hall–Kier alpha value is -1.63. The third kappa shape index (κ3) is 8.15. The summed E-state index contributed by atoms with van der Waals surface area (Å²) in [5, 5.41) is 0. The first-order valence-electron chi connectivity index (χ1n) is 6.45. The molecule has 0 radical (unpaired) electrons. The number of amides is 3. The van der Waals surface area contributed by atoms with Crippen LogP contribution in [-0.2, 0) is 14.4 Å². The number of rotatable bonds is 10. The summed E-state index contributed by atoms with van der Waals surface area (Å²) in [7, 11) is 0. The first kappa shape index (κ1) is 17.4. The second-order valence-corrected chi connectivity index (χ2v) is 4.57. The fraction of sp³-hybridized carbons (Fsp3) is 0.750. The lowest BCUT2D eigenvalue weighted by Gasteiger charge is -2.21. The standard InChI is InChI=1S/C12H24N4O3/c1-2-9(5-6-13)3-4-12(19)16(7-10(14)17)8-11(15)18/h9H,2-8,13H2,1H3,(H2,14,17)(H2,15,18). The van der Waals surface area contributed by atoms with Gasteiger partial charge in [0.25, 0.3) is 0 Å². The molecule has 7 heteroatoms. The Bertz CT molecular complexity index is 304. The van der Waals surface area contributed by atoms with E-state index in [2.05, 4.69) is 0 Å². The van der Waals surface area contributed by atoms with Gasteiger partial charge in [0.05, 0.1) is 13.1 Å². The highest BCUT2D eigenvalue weighted by Gasteiger charge is 2.18. The van der Waals surface area contributed by atoms with Gasteiger partial charge >= 0.3 is 0 Å². The molecule has 110 valence electrons. The zero-order valence-corrected chi connectivity index (χ0v) is 11.4. The van der Waals surface area contributed by atoms with Gasteiger partial charge in [-0.3, -0.25) is 14.4 Å². The normalized spacial score (nSPS) is 11.9. The second-order valence-electron chi connectivity index (χ2n) is 4.57. The molecular weight excluding hydrogens is 248 g/mol. The minimum atomic E-state index is -0.663. The van der Waals surface area contributed by atoms with Crippen LogP contribution in [0.4, 0.5) is 0 Å². The molecule has 1 atom stereocenters. The molecule has 0 fully saturated rings. The molecule has 0 aromatic carbocycles. The van der Waals surface area contributed by atoms with Crippen molar-refractivity contribution in [1.82, 2.24) is 4.90 Å². The third-order valence-electron chi connectivity index (χ3n) is 2.96. The van der Waals surface area contributed by atoms with Crippen LogP contribution >= 0.6 is 0 Å².